The average molecular weight is 421 g/mol. The fraction of sp³-hybridized carbons (Fsp3) is 0.292. The van der Waals surface area contributed by atoms with Gasteiger partial charge in [0, 0.05) is 23.9 Å². The fourth-order valence-corrected chi connectivity index (χ4v) is 2.83. The molecular formula is C24H27N3O4. The number of amides is 2. The molecule has 0 spiro atoms. The Morgan fingerprint density at radius 3 is 2.55 bits per heavy atom. The van der Waals surface area contributed by atoms with Crippen molar-refractivity contribution in [1.29, 1.82) is 0 Å². The summed E-state index contributed by atoms with van der Waals surface area (Å²) in [6.07, 6.45) is 0.904. The molecule has 31 heavy (non-hydrogen) atoms. The van der Waals surface area contributed by atoms with E-state index in [0.29, 0.717) is 35.2 Å². The molecule has 0 fully saturated rings. The van der Waals surface area contributed by atoms with Crippen LogP contribution >= 0.6 is 0 Å². The van der Waals surface area contributed by atoms with E-state index in [-0.39, 0.29) is 24.1 Å². The first-order valence-electron chi connectivity index (χ1n) is 10.3. The Morgan fingerprint density at radius 2 is 1.84 bits per heavy atom. The number of carbonyl (C=O) groups excluding carboxylic acids is 2. The predicted octanol–water partition coefficient (Wildman–Crippen LogP) is 4.59. The standard InChI is InChI=1S/C24H27N3O4/c1-16(2)11-12-25-24(29)22-14-21(31-27-22)15-30-20-9-7-19(8-10-20)26-23(28)18-6-4-5-17(3)13-18/h4-10,13-14,16H,11-12,15H2,1-3H3,(H,25,29)(H,26,28). The van der Waals surface area contributed by atoms with E-state index in [1.165, 1.54) is 0 Å². The normalized spacial score (nSPS) is 10.7. The van der Waals surface area contributed by atoms with Gasteiger partial charge in [-0.15, -0.1) is 0 Å². The van der Waals surface area contributed by atoms with Crippen LogP contribution in [0.15, 0.2) is 59.1 Å². The van der Waals surface area contributed by atoms with Crippen LogP contribution in [0.25, 0.3) is 0 Å². The molecule has 0 aliphatic heterocycles. The van der Waals surface area contributed by atoms with E-state index in [1.54, 1.807) is 36.4 Å². The smallest absolute Gasteiger partial charge is 0.273 e. The van der Waals surface area contributed by atoms with E-state index in [0.717, 1.165) is 12.0 Å². The summed E-state index contributed by atoms with van der Waals surface area (Å²) in [6.45, 7) is 6.88. The molecule has 2 N–H and O–H groups in total. The van der Waals surface area contributed by atoms with Crippen LogP contribution in [0.2, 0.25) is 0 Å². The van der Waals surface area contributed by atoms with E-state index in [1.807, 2.05) is 25.1 Å². The Balaban J connectivity index is 1.49. The number of hydrogen-bond donors (Lipinski definition) is 2. The summed E-state index contributed by atoms with van der Waals surface area (Å²) >= 11 is 0. The van der Waals surface area contributed by atoms with Crippen LogP contribution in [0.4, 0.5) is 5.69 Å². The molecule has 2 aromatic carbocycles. The summed E-state index contributed by atoms with van der Waals surface area (Å²) < 4.78 is 10.9. The van der Waals surface area contributed by atoms with Crippen molar-refractivity contribution in [3.63, 3.8) is 0 Å². The molecule has 0 saturated heterocycles. The maximum atomic E-state index is 12.3. The Hall–Kier alpha value is -3.61. The van der Waals surface area contributed by atoms with E-state index >= 15 is 0 Å². The van der Waals surface area contributed by atoms with Crippen LogP contribution in [-0.4, -0.2) is 23.5 Å². The van der Waals surface area contributed by atoms with Gasteiger partial charge in [-0.3, -0.25) is 9.59 Å². The summed E-state index contributed by atoms with van der Waals surface area (Å²) in [7, 11) is 0. The van der Waals surface area contributed by atoms with E-state index < -0.39 is 0 Å². The number of nitrogens with zero attached hydrogens (tertiary/aromatic N) is 1. The predicted molar refractivity (Wildman–Crippen MR) is 118 cm³/mol. The highest BCUT2D eigenvalue weighted by atomic mass is 16.5. The Labute approximate surface area is 181 Å². The largest absolute Gasteiger partial charge is 0.486 e. The zero-order chi connectivity index (χ0) is 22.2. The average Bonchev–Trinajstić information content (AvgIpc) is 3.22. The second kappa shape index (κ2) is 10.4. The van der Waals surface area contributed by atoms with Crippen LogP contribution in [0, 0.1) is 12.8 Å². The molecule has 162 valence electrons. The van der Waals surface area contributed by atoms with Crippen molar-refractivity contribution in [2.45, 2.75) is 33.8 Å². The molecule has 7 nitrogen and oxygen atoms in total. The van der Waals surface area contributed by atoms with Gasteiger partial charge in [0.1, 0.15) is 12.4 Å². The Kier molecular flexibility index (Phi) is 7.43. The number of anilines is 1. The monoisotopic (exact) mass is 421 g/mol. The fourth-order valence-electron chi connectivity index (χ4n) is 2.83. The van der Waals surface area contributed by atoms with Crippen molar-refractivity contribution < 1.29 is 18.8 Å². The second-order valence-corrected chi connectivity index (χ2v) is 7.75. The van der Waals surface area contributed by atoms with Crippen LogP contribution in [0.1, 0.15) is 52.4 Å². The molecule has 7 heteroatoms. The topological polar surface area (TPSA) is 93.5 Å². The molecule has 2 amide bonds. The third kappa shape index (κ3) is 6.70. The molecule has 0 aliphatic carbocycles. The van der Waals surface area contributed by atoms with Gasteiger partial charge >= 0.3 is 0 Å². The number of rotatable bonds is 9. The van der Waals surface area contributed by atoms with Gasteiger partial charge in [0.25, 0.3) is 11.8 Å². The molecule has 0 radical (unpaired) electrons. The van der Waals surface area contributed by atoms with Crippen LogP contribution in [-0.2, 0) is 6.61 Å². The van der Waals surface area contributed by atoms with Gasteiger partial charge in [-0.25, -0.2) is 0 Å². The van der Waals surface area contributed by atoms with E-state index in [2.05, 4.69) is 29.6 Å². The number of ether oxygens (including phenoxy) is 1. The lowest BCUT2D eigenvalue weighted by Gasteiger charge is -2.08. The number of hydrogen-bond acceptors (Lipinski definition) is 5. The van der Waals surface area contributed by atoms with Crippen molar-refractivity contribution in [1.82, 2.24) is 10.5 Å². The molecule has 3 aromatic rings. The minimum Gasteiger partial charge on any atom is -0.486 e. The molecule has 1 aromatic heterocycles. The lowest BCUT2D eigenvalue weighted by Crippen LogP contribution is -2.25. The molecular weight excluding hydrogens is 394 g/mol. The van der Waals surface area contributed by atoms with Crippen LogP contribution < -0.4 is 15.4 Å². The van der Waals surface area contributed by atoms with Crippen molar-refractivity contribution >= 4 is 17.5 Å². The lowest BCUT2D eigenvalue weighted by molar-refractivity contribution is 0.0941. The van der Waals surface area contributed by atoms with Gasteiger partial charge in [-0.2, -0.15) is 0 Å². The highest BCUT2D eigenvalue weighted by molar-refractivity contribution is 6.04. The zero-order valence-corrected chi connectivity index (χ0v) is 18.0. The van der Waals surface area contributed by atoms with Gasteiger partial charge in [-0.1, -0.05) is 36.7 Å². The first kappa shape index (κ1) is 22.1. The van der Waals surface area contributed by atoms with Gasteiger partial charge in [0.05, 0.1) is 0 Å². The highest BCUT2D eigenvalue weighted by Crippen LogP contribution is 2.18. The minimum absolute atomic E-state index is 0.140. The van der Waals surface area contributed by atoms with Crippen LogP contribution in [0.3, 0.4) is 0 Å². The molecule has 0 saturated carbocycles. The van der Waals surface area contributed by atoms with Gasteiger partial charge in [-0.05, 0) is 55.7 Å². The molecule has 0 aliphatic rings. The number of benzene rings is 2. The number of carbonyl (C=O) groups is 2. The third-order valence-corrected chi connectivity index (χ3v) is 4.57. The first-order valence-corrected chi connectivity index (χ1v) is 10.3. The number of aromatic nitrogens is 1. The maximum Gasteiger partial charge on any atom is 0.273 e. The summed E-state index contributed by atoms with van der Waals surface area (Å²) in [5.74, 6) is 1.14. The van der Waals surface area contributed by atoms with Gasteiger partial charge in [0.2, 0.25) is 0 Å². The zero-order valence-electron chi connectivity index (χ0n) is 18.0. The second-order valence-electron chi connectivity index (χ2n) is 7.75. The quantitative estimate of drug-likeness (QED) is 0.527. The van der Waals surface area contributed by atoms with Gasteiger partial charge in [0.15, 0.2) is 11.5 Å². The Morgan fingerprint density at radius 1 is 1.06 bits per heavy atom. The number of aryl methyl sites for hydroxylation is 1. The number of nitrogens with one attached hydrogen (secondary N) is 2. The molecule has 3 rings (SSSR count). The van der Waals surface area contributed by atoms with Crippen LogP contribution in [0.5, 0.6) is 5.75 Å². The summed E-state index contributed by atoms with van der Waals surface area (Å²) in [4.78, 5) is 24.4. The molecule has 1 heterocycles. The molecule has 0 unspecified atom stereocenters. The summed E-state index contributed by atoms with van der Waals surface area (Å²) in [5.41, 5.74) is 2.53. The summed E-state index contributed by atoms with van der Waals surface area (Å²) in [5, 5.41) is 9.47. The molecule has 0 bridgehead atoms. The summed E-state index contributed by atoms with van der Waals surface area (Å²) in [6, 6.07) is 16.0. The van der Waals surface area contributed by atoms with Crippen molar-refractivity contribution in [2.75, 3.05) is 11.9 Å². The lowest BCUT2D eigenvalue weighted by atomic mass is 10.1. The SMILES string of the molecule is Cc1cccc(C(=O)Nc2ccc(OCc3cc(C(=O)NCCC(C)C)no3)cc2)c1. The maximum absolute atomic E-state index is 12.3. The van der Waals surface area contributed by atoms with E-state index in [9.17, 15) is 9.59 Å². The van der Waals surface area contributed by atoms with Crippen molar-refractivity contribution in [3.8, 4) is 5.75 Å². The Bertz CT molecular complexity index is 1030. The highest BCUT2D eigenvalue weighted by Gasteiger charge is 2.13. The van der Waals surface area contributed by atoms with Gasteiger partial charge < -0.3 is 19.9 Å². The minimum atomic E-state index is -0.260. The third-order valence-electron chi connectivity index (χ3n) is 4.57. The van der Waals surface area contributed by atoms with Crippen molar-refractivity contribution in [2.24, 2.45) is 5.92 Å². The van der Waals surface area contributed by atoms with E-state index in [4.69, 9.17) is 9.26 Å². The molecule has 0 atom stereocenters. The first-order chi connectivity index (χ1) is 14.9. The van der Waals surface area contributed by atoms with Crippen molar-refractivity contribution in [3.05, 3.63) is 77.2 Å².